The summed E-state index contributed by atoms with van der Waals surface area (Å²) in [5, 5.41) is 10.9. The summed E-state index contributed by atoms with van der Waals surface area (Å²) in [6.07, 6.45) is 1.19. The Kier molecular flexibility index (Phi) is 3.37. The number of nitro groups is 1. The van der Waals surface area contributed by atoms with Crippen molar-refractivity contribution in [2.24, 2.45) is 0 Å². The summed E-state index contributed by atoms with van der Waals surface area (Å²) in [4.78, 5) is 29.8. The van der Waals surface area contributed by atoms with Gasteiger partial charge in [0.25, 0.3) is 5.69 Å². The van der Waals surface area contributed by atoms with Crippen LogP contribution in [0.25, 0.3) is 0 Å². The fourth-order valence-electron chi connectivity index (χ4n) is 2.44. The molecule has 0 fully saturated rings. The second kappa shape index (κ2) is 5.10. The lowest BCUT2D eigenvalue weighted by molar-refractivity contribution is -0.385. The first-order chi connectivity index (χ1) is 10.4. The second-order valence-electron chi connectivity index (χ2n) is 5.08. The van der Waals surface area contributed by atoms with Crippen LogP contribution in [0, 0.1) is 24.0 Å². The van der Waals surface area contributed by atoms with Gasteiger partial charge in [-0.25, -0.2) is 4.98 Å². The van der Waals surface area contributed by atoms with Crippen molar-refractivity contribution < 1.29 is 9.72 Å². The van der Waals surface area contributed by atoms with E-state index >= 15 is 0 Å². The van der Waals surface area contributed by atoms with E-state index in [0.717, 1.165) is 21.7 Å². The first kappa shape index (κ1) is 14.5. The van der Waals surface area contributed by atoms with Gasteiger partial charge in [0, 0.05) is 17.9 Å². The molecule has 0 bridgehead atoms. The summed E-state index contributed by atoms with van der Waals surface area (Å²) >= 11 is 1.40. The molecule has 2 heterocycles. The van der Waals surface area contributed by atoms with Gasteiger partial charge < -0.3 is 0 Å². The van der Waals surface area contributed by atoms with E-state index in [1.165, 1.54) is 35.8 Å². The van der Waals surface area contributed by atoms with E-state index in [1.807, 2.05) is 26.0 Å². The van der Waals surface area contributed by atoms with Crippen molar-refractivity contribution >= 4 is 34.9 Å². The smallest absolute Gasteiger partial charge is 0.274 e. The van der Waals surface area contributed by atoms with Crippen LogP contribution in [0.3, 0.4) is 0 Å². The van der Waals surface area contributed by atoms with Crippen molar-refractivity contribution in [1.82, 2.24) is 4.98 Å². The number of carbonyl (C=O) groups excluding carboxylic acids is 1. The number of hydrogen-bond donors (Lipinski definition) is 0. The van der Waals surface area contributed by atoms with Gasteiger partial charge in [-0.2, -0.15) is 0 Å². The summed E-state index contributed by atoms with van der Waals surface area (Å²) in [6.45, 7) is 5.41. The molecular formula is C15H13N3O3S. The minimum Gasteiger partial charge on any atom is -0.274 e. The third-order valence-corrected chi connectivity index (χ3v) is 4.73. The summed E-state index contributed by atoms with van der Waals surface area (Å²) in [7, 11) is 0. The lowest BCUT2D eigenvalue weighted by atomic mass is 10.1. The predicted octanol–water partition coefficient (Wildman–Crippen LogP) is 3.76. The zero-order chi connectivity index (χ0) is 16.0. The van der Waals surface area contributed by atoms with Gasteiger partial charge in [0.15, 0.2) is 5.82 Å². The zero-order valence-corrected chi connectivity index (χ0v) is 13.1. The molecule has 0 spiro atoms. The zero-order valence-electron chi connectivity index (χ0n) is 12.3. The normalized spacial score (nSPS) is 12.6. The first-order valence-electron chi connectivity index (χ1n) is 6.63. The van der Waals surface area contributed by atoms with Crippen LogP contribution in [-0.4, -0.2) is 15.8 Å². The maximum Gasteiger partial charge on any atom is 0.288 e. The number of pyridine rings is 1. The average Bonchev–Trinajstić information content (AvgIpc) is 2.48. The van der Waals surface area contributed by atoms with Crippen molar-refractivity contribution in [3.63, 3.8) is 0 Å². The first-order valence-corrected chi connectivity index (χ1v) is 7.45. The highest BCUT2D eigenvalue weighted by atomic mass is 32.2. The van der Waals surface area contributed by atoms with Crippen LogP contribution in [0.5, 0.6) is 0 Å². The Balaban J connectivity index is 2.25. The average molecular weight is 315 g/mol. The van der Waals surface area contributed by atoms with E-state index in [-0.39, 0.29) is 11.6 Å². The molecule has 112 valence electrons. The van der Waals surface area contributed by atoms with Gasteiger partial charge in [-0.3, -0.25) is 19.8 Å². The Morgan fingerprint density at radius 3 is 2.68 bits per heavy atom. The molecule has 0 aliphatic carbocycles. The number of rotatable bonds is 1. The predicted molar refractivity (Wildman–Crippen MR) is 83.8 cm³/mol. The molecule has 7 heteroatoms. The van der Waals surface area contributed by atoms with E-state index in [4.69, 9.17) is 0 Å². The van der Waals surface area contributed by atoms with Crippen LogP contribution in [0.4, 0.5) is 17.2 Å². The SMILES string of the molecule is CC(=O)N1c2ncc([N+](=O)[O-])cc2Sc2ccc(C)c(C)c21. The molecule has 0 saturated carbocycles. The summed E-state index contributed by atoms with van der Waals surface area (Å²) in [5.74, 6) is 0.280. The number of hydrogen-bond acceptors (Lipinski definition) is 5. The van der Waals surface area contributed by atoms with E-state index in [2.05, 4.69) is 4.98 Å². The van der Waals surface area contributed by atoms with Crippen LogP contribution in [0.2, 0.25) is 0 Å². The topological polar surface area (TPSA) is 76.3 Å². The lowest BCUT2D eigenvalue weighted by Gasteiger charge is -2.30. The number of amides is 1. The highest BCUT2D eigenvalue weighted by molar-refractivity contribution is 7.99. The fraction of sp³-hybridized carbons (Fsp3) is 0.200. The molecule has 1 aromatic heterocycles. The quantitative estimate of drug-likeness (QED) is 0.591. The molecule has 3 rings (SSSR count). The van der Waals surface area contributed by atoms with E-state index in [0.29, 0.717) is 10.7 Å². The summed E-state index contributed by atoms with van der Waals surface area (Å²) in [5.41, 5.74) is 2.82. The van der Waals surface area contributed by atoms with E-state index < -0.39 is 4.92 Å². The third-order valence-electron chi connectivity index (χ3n) is 3.66. The Labute approximate surface area is 131 Å². The molecule has 6 nitrogen and oxygen atoms in total. The molecule has 0 N–H and O–H groups in total. The molecule has 1 aliphatic heterocycles. The van der Waals surface area contributed by atoms with Crippen molar-refractivity contribution in [2.75, 3.05) is 4.90 Å². The third kappa shape index (κ3) is 2.14. The molecule has 0 atom stereocenters. The van der Waals surface area contributed by atoms with Gasteiger partial charge in [0.1, 0.15) is 6.20 Å². The number of aromatic nitrogens is 1. The van der Waals surface area contributed by atoms with Crippen LogP contribution in [0.1, 0.15) is 18.1 Å². The second-order valence-corrected chi connectivity index (χ2v) is 6.17. The van der Waals surface area contributed by atoms with Gasteiger partial charge in [-0.1, -0.05) is 17.8 Å². The van der Waals surface area contributed by atoms with Crippen molar-refractivity contribution in [3.8, 4) is 0 Å². The number of fused-ring (bicyclic) bond motifs is 2. The number of anilines is 2. The van der Waals surface area contributed by atoms with Crippen molar-refractivity contribution in [1.29, 1.82) is 0 Å². The number of carbonyl (C=O) groups is 1. The van der Waals surface area contributed by atoms with Gasteiger partial charge in [-0.05, 0) is 31.0 Å². The molecule has 2 aromatic rings. The molecule has 1 aliphatic rings. The Morgan fingerprint density at radius 2 is 2.05 bits per heavy atom. The number of nitrogens with zero attached hydrogens (tertiary/aromatic N) is 3. The number of benzene rings is 1. The molecular weight excluding hydrogens is 302 g/mol. The Hall–Kier alpha value is -2.41. The molecule has 0 unspecified atom stereocenters. The lowest BCUT2D eigenvalue weighted by Crippen LogP contribution is -2.27. The summed E-state index contributed by atoms with van der Waals surface area (Å²) < 4.78 is 0. The number of aryl methyl sites for hydroxylation is 1. The largest absolute Gasteiger partial charge is 0.288 e. The maximum absolute atomic E-state index is 12.1. The van der Waals surface area contributed by atoms with Gasteiger partial charge in [-0.15, -0.1) is 0 Å². The van der Waals surface area contributed by atoms with Crippen LogP contribution < -0.4 is 4.90 Å². The molecule has 1 aromatic carbocycles. The molecule has 0 radical (unpaired) electrons. The Morgan fingerprint density at radius 1 is 1.32 bits per heavy atom. The molecule has 0 saturated heterocycles. The molecule has 22 heavy (non-hydrogen) atoms. The summed E-state index contributed by atoms with van der Waals surface area (Å²) in [6, 6.07) is 5.37. The van der Waals surface area contributed by atoms with Gasteiger partial charge in [0.2, 0.25) is 5.91 Å². The van der Waals surface area contributed by atoms with Gasteiger partial charge in [0.05, 0.1) is 15.5 Å². The fourth-order valence-corrected chi connectivity index (χ4v) is 3.57. The Bertz CT molecular complexity index is 820. The van der Waals surface area contributed by atoms with Crippen LogP contribution in [-0.2, 0) is 4.79 Å². The van der Waals surface area contributed by atoms with Crippen molar-refractivity contribution in [2.45, 2.75) is 30.6 Å². The minimum absolute atomic E-state index is 0.0814. The van der Waals surface area contributed by atoms with Gasteiger partial charge >= 0.3 is 0 Å². The maximum atomic E-state index is 12.1. The monoisotopic (exact) mass is 315 g/mol. The van der Waals surface area contributed by atoms with E-state index in [1.54, 1.807) is 0 Å². The van der Waals surface area contributed by atoms with Crippen LogP contribution >= 0.6 is 11.8 Å². The standard InChI is InChI=1S/C15H13N3O3S/c1-8-4-5-12-14(9(8)2)17(10(3)19)15-13(22-12)6-11(7-16-15)18(20)21/h4-7H,1-3H3. The molecule has 1 amide bonds. The highest BCUT2D eigenvalue weighted by Crippen LogP contribution is 2.49. The van der Waals surface area contributed by atoms with Crippen molar-refractivity contribution in [3.05, 3.63) is 45.6 Å². The highest BCUT2D eigenvalue weighted by Gasteiger charge is 2.30. The van der Waals surface area contributed by atoms with Crippen LogP contribution in [0.15, 0.2) is 34.2 Å². The minimum atomic E-state index is -0.484. The van der Waals surface area contributed by atoms with E-state index in [9.17, 15) is 14.9 Å².